The molecule has 5 N–H and O–H groups in total. The summed E-state index contributed by atoms with van der Waals surface area (Å²) in [6.45, 7) is -0.100. The van der Waals surface area contributed by atoms with Gasteiger partial charge in [0, 0.05) is 52.7 Å². The van der Waals surface area contributed by atoms with Gasteiger partial charge in [-0.3, -0.25) is 0 Å². The fraction of sp³-hybridized carbons (Fsp3) is 0.672. The van der Waals surface area contributed by atoms with Gasteiger partial charge in [-0.2, -0.15) is 0 Å². The molecule has 2 aromatic rings. The Morgan fingerprint density at radius 2 is 1.70 bits per heavy atom. The first-order valence-corrected chi connectivity index (χ1v) is 30.4. The molecule has 12 aliphatic carbocycles. The molecule has 9 nitrogen and oxygen atoms in total. The SMILES string of the molecule is CNC1Cc2c(cccc2CO)C#CCCC23CCC4C(O)(CC5CC6C(C=CCC6C6CCCC6)CC6C7OC=CC8CC9CC(c%10ccccc%10)CCC9C87CC4(C=O)C56O)C2(O)CC2CC1C1OC(=O)C=C1C23. The first kappa shape index (κ1) is 49.0. The summed E-state index contributed by atoms with van der Waals surface area (Å²) in [6.07, 6.45) is 27.6. The number of aliphatic hydroxyl groups excluding tert-OH is 1. The van der Waals surface area contributed by atoms with Crippen LogP contribution in [0, 0.1) is 105 Å². The molecular weight excluding hydrogens is 947 g/mol. The second-order valence-electron chi connectivity index (χ2n) is 27.8. The Kier molecular flexibility index (Phi) is 11.3. The van der Waals surface area contributed by atoms with Crippen LogP contribution in [-0.2, 0) is 32.1 Å². The van der Waals surface area contributed by atoms with Gasteiger partial charge in [0.2, 0.25) is 0 Å². The molecule has 2 spiro atoms. The van der Waals surface area contributed by atoms with E-state index in [9.17, 15) is 20.1 Å². The largest absolute Gasteiger partial charge is 0.497 e. The van der Waals surface area contributed by atoms with Crippen LogP contribution in [0.2, 0.25) is 0 Å². The predicted octanol–water partition coefficient (Wildman–Crippen LogP) is 9.69. The maximum atomic E-state index is 15.6. The van der Waals surface area contributed by atoms with Crippen LogP contribution < -0.4 is 5.32 Å². The Morgan fingerprint density at radius 1 is 0.842 bits per heavy atom. The van der Waals surface area contributed by atoms with Crippen molar-refractivity contribution in [1.82, 2.24) is 5.32 Å². The molecule has 76 heavy (non-hydrogen) atoms. The summed E-state index contributed by atoms with van der Waals surface area (Å²) >= 11 is 0. The van der Waals surface area contributed by atoms with Crippen LogP contribution in [0.25, 0.3) is 0 Å². The molecule has 0 saturated heterocycles. The van der Waals surface area contributed by atoms with E-state index in [1.807, 2.05) is 31.5 Å². The minimum atomic E-state index is -1.73. The minimum Gasteiger partial charge on any atom is -0.497 e. The second-order valence-corrected chi connectivity index (χ2v) is 27.8. The first-order valence-electron chi connectivity index (χ1n) is 30.4. The van der Waals surface area contributed by atoms with Crippen molar-refractivity contribution in [3.8, 4) is 11.8 Å². The normalized spacial score (nSPS) is 50.0. The van der Waals surface area contributed by atoms with Gasteiger partial charge in [0.15, 0.2) is 0 Å². The van der Waals surface area contributed by atoms with Gasteiger partial charge in [0.05, 0.1) is 29.5 Å². The zero-order valence-corrected chi connectivity index (χ0v) is 44.7. The van der Waals surface area contributed by atoms with E-state index >= 15 is 9.90 Å². The summed E-state index contributed by atoms with van der Waals surface area (Å²) < 4.78 is 13.7. The predicted molar refractivity (Wildman–Crippen MR) is 287 cm³/mol. The number of rotatable bonds is 5. The fourth-order valence-corrected chi connectivity index (χ4v) is 23.5. The molecule has 22 atom stereocenters. The summed E-state index contributed by atoms with van der Waals surface area (Å²) in [5.41, 5.74) is -2.39. The molecule has 402 valence electrons. The average Bonchev–Trinajstić information content (AvgIpc) is 3.46. The number of ether oxygens (including phenoxy) is 2. The van der Waals surface area contributed by atoms with Crippen molar-refractivity contribution in [1.29, 1.82) is 0 Å². The molecule has 22 unspecified atom stereocenters. The Labute approximate surface area is 450 Å². The van der Waals surface area contributed by atoms with Gasteiger partial charge in [0.1, 0.15) is 24.1 Å². The van der Waals surface area contributed by atoms with Crippen LogP contribution in [0.3, 0.4) is 0 Å². The molecule has 2 aromatic carbocycles. The van der Waals surface area contributed by atoms with Gasteiger partial charge in [-0.15, -0.1) is 0 Å². The number of aliphatic hydroxyl groups is 4. The van der Waals surface area contributed by atoms with Crippen LogP contribution in [0.15, 0.2) is 84.7 Å². The lowest BCUT2D eigenvalue weighted by atomic mass is 9.32. The van der Waals surface area contributed by atoms with Crippen molar-refractivity contribution in [2.24, 2.45) is 93.2 Å². The number of allylic oxidation sites excluding steroid dienone is 3. The lowest BCUT2D eigenvalue weighted by Gasteiger charge is -2.74. The molecule has 9 fully saturated rings. The number of benzene rings is 2. The standard InChI is InChI=1S/C67H81NO8/c1-68-56-32-50-41(16-9-18-44(50)36-69)15-7-8-24-62-25-22-57-63(38-70)37-64-47(28-45-27-42(20-21-54(45)64)39-11-3-2-4-12-39)23-26-75-61(64)55-30-43-17-10-19-49(40-13-5-6-14-40)51(43)31-48(67(55,63)74)35-65(57,72)66(62,73)34-46-29-52(56)60-53(59(46)62)33-58(71)76-60/h2-4,9-12,16-18,23,26,33,38,40,42-43,45-49,51-52,54-57,59-61,68-69,72-74H,5-6,8,13-14,19-22,24-25,27-32,34-37H2,1H3. The van der Waals surface area contributed by atoms with Gasteiger partial charge in [-0.05, 0) is 203 Å². The molecule has 0 aromatic heterocycles. The molecule has 9 heteroatoms. The van der Waals surface area contributed by atoms with Crippen LogP contribution in [0.5, 0.6) is 0 Å². The minimum absolute atomic E-state index is 0.0765. The van der Waals surface area contributed by atoms with Crippen molar-refractivity contribution >= 4 is 12.3 Å². The van der Waals surface area contributed by atoms with Crippen LogP contribution >= 0.6 is 0 Å². The smallest absolute Gasteiger partial charge is 0.331 e. The number of nitrogens with one attached hydrogen (secondary N) is 1. The summed E-state index contributed by atoms with van der Waals surface area (Å²) in [5.74, 6) is 7.88. The highest BCUT2D eigenvalue weighted by atomic mass is 16.5. The number of likely N-dealkylation sites (N-methyl/N-ethyl adjacent to an activating group) is 1. The zero-order chi connectivity index (χ0) is 51.6. The van der Waals surface area contributed by atoms with E-state index in [0.29, 0.717) is 81.0 Å². The fourth-order valence-electron chi connectivity index (χ4n) is 23.5. The summed E-state index contributed by atoms with van der Waals surface area (Å²) in [6, 6.07) is 16.9. The third-order valence-corrected chi connectivity index (χ3v) is 26.0. The van der Waals surface area contributed by atoms with E-state index in [4.69, 9.17) is 9.47 Å². The van der Waals surface area contributed by atoms with Crippen molar-refractivity contribution in [2.45, 2.75) is 176 Å². The summed E-state index contributed by atoms with van der Waals surface area (Å²) in [4.78, 5) is 29.5. The molecule has 16 rings (SSSR count). The molecule has 9 saturated carbocycles. The third-order valence-electron chi connectivity index (χ3n) is 26.0. The molecule has 4 bridgehead atoms. The van der Waals surface area contributed by atoms with Gasteiger partial charge in [-0.1, -0.05) is 92.1 Å². The Bertz CT molecular complexity index is 2840. The molecular formula is C67H81NO8. The molecule has 0 radical (unpaired) electrons. The number of carbonyl (C=O) groups is 2. The summed E-state index contributed by atoms with van der Waals surface area (Å²) in [7, 11) is 1.97. The first-order chi connectivity index (χ1) is 36.9. The topological polar surface area (TPSA) is 146 Å². The van der Waals surface area contributed by atoms with E-state index in [-0.39, 0.29) is 72.6 Å². The summed E-state index contributed by atoms with van der Waals surface area (Å²) in [5, 5.41) is 59.2. The molecule has 2 aliphatic heterocycles. The number of fused-ring (bicyclic) bond motifs is 9. The number of carbonyl (C=O) groups excluding carboxylic acids is 2. The Hall–Kier alpha value is -4.04. The van der Waals surface area contributed by atoms with E-state index < -0.39 is 51.0 Å². The van der Waals surface area contributed by atoms with Gasteiger partial charge >= 0.3 is 5.97 Å². The average molecular weight is 1030 g/mol. The van der Waals surface area contributed by atoms with Gasteiger partial charge in [0.25, 0.3) is 0 Å². The van der Waals surface area contributed by atoms with Crippen molar-refractivity contribution < 1.29 is 39.5 Å². The number of esters is 1. The van der Waals surface area contributed by atoms with Gasteiger partial charge in [-0.25, -0.2) is 4.79 Å². The lowest BCUT2D eigenvalue weighted by molar-refractivity contribution is -0.360. The van der Waals surface area contributed by atoms with Crippen molar-refractivity contribution in [3.05, 3.63) is 107 Å². The number of aldehydes is 1. The van der Waals surface area contributed by atoms with E-state index in [2.05, 4.69) is 65.7 Å². The highest BCUT2D eigenvalue weighted by molar-refractivity contribution is 5.86. The van der Waals surface area contributed by atoms with E-state index in [1.165, 1.54) is 37.5 Å². The van der Waals surface area contributed by atoms with Crippen LogP contribution in [0.4, 0.5) is 0 Å². The quantitative estimate of drug-likeness (QED) is 0.0856. The van der Waals surface area contributed by atoms with Gasteiger partial charge < -0.3 is 40.0 Å². The Balaban J connectivity index is 0.904. The monoisotopic (exact) mass is 1030 g/mol. The Morgan fingerprint density at radius 3 is 2.51 bits per heavy atom. The van der Waals surface area contributed by atoms with Crippen LogP contribution in [-0.4, -0.2) is 74.8 Å². The number of hydrogen-bond donors (Lipinski definition) is 5. The number of hydrogen-bond acceptors (Lipinski definition) is 9. The van der Waals surface area contributed by atoms with E-state index in [1.54, 1.807) is 6.08 Å². The maximum Gasteiger partial charge on any atom is 0.331 e. The lowest BCUT2D eigenvalue weighted by Crippen LogP contribution is -2.83. The van der Waals surface area contributed by atoms with Crippen LogP contribution in [0.1, 0.15) is 150 Å². The molecule has 14 aliphatic rings. The van der Waals surface area contributed by atoms with Crippen molar-refractivity contribution in [3.63, 3.8) is 0 Å². The molecule has 0 amide bonds. The van der Waals surface area contributed by atoms with Crippen molar-refractivity contribution in [2.75, 3.05) is 7.05 Å². The highest BCUT2D eigenvalue weighted by Gasteiger charge is 2.86. The zero-order valence-electron chi connectivity index (χ0n) is 44.7. The van der Waals surface area contributed by atoms with E-state index in [0.717, 1.165) is 67.2 Å². The second kappa shape index (κ2) is 17.5. The highest BCUT2D eigenvalue weighted by Crippen LogP contribution is 2.81. The maximum absolute atomic E-state index is 15.6. The molecule has 2 heterocycles. The third kappa shape index (κ3) is 6.29.